The van der Waals surface area contributed by atoms with E-state index in [0.717, 1.165) is 0 Å². The molecule has 0 aromatic heterocycles. The Morgan fingerprint density at radius 2 is 1.79 bits per heavy atom. The standard InChI is InChI=1S/C10H11F2N.ClH/c1-10(5-8(10)13)9-6(11)3-2-4-7(9)12;/h2-4,8H,5,13H2,1H3;1H. The lowest BCUT2D eigenvalue weighted by atomic mass is 9.96. The van der Waals surface area contributed by atoms with Crippen molar-refractivity contribution < 1.29 is 8.78 Å². The minimum atomic E-state index is -0.491. The zero-order valence-electron chi connectivity index (χ0n) is 7.76. The highest BCUT2D eigenvalue weighted by Crippen LogP contribution is 2.48. The third kappa shape index (κ3) is 1.51. The molecular formula is C10H12ClF2N. The van der Waals surface area contributed by atoms with Gasteiger partial charge in [-0.2, -0.15) is 0 Å². The first-order valence-corrected chi connectivity index (χ1v) is 4.26. The second kappa shape index (κ2) is 3.48. The van der Waals surface area contributed by atoms with E-state index < -0.39 is 17.0 Å². The number of nitrogens with two attached hydrogens (primary N) is 1. The average molecular weight is 220 g/mol. The lowest BCUT2D eigenvalue weighted by molar-refractivity contribution is 0.523. The van der Waals surface area contributed by atoms with Crippen LogP contribution in [-0.2, 0) is 5.41 Å². The predicted molar refractivity (Wildman–Crippen MR) is 53.6 cm³/mol. The van der Waals surface area contributed by atoms with Crippen LogP contribution in [0.5, 0.6) is 0 Å². The van der Waals surface area contributed by atoms with Crippen molar-refractivity contribution in [2.45, 2.75) is 24.8 Å². The molecule has 0 spiro atoms. The molecule has 1 aliphatic rings. The second-order valence-corrected chi connectivity index (χ2v) is 3.82. The first kappa shape index (κ1) is 11.4. The highest BCUT2D eigenvalue weighted by atomic mass is 35.5. The fourth-order valence-electron chi connectivity index (χ4n) is 1.73. The summed E-state index contributed by atoms with van der Waals surface area (Å²) in [7, 11) is 0. The number of rotatable bonds is 1. The van der Waals surface area contributed by atoms with Crippen molar-refractivity contribution in [2.75, 3.05) is 0 Å². The van der Waals surface area contributed by atoms with Gasteiger partial charge in [-0.25, -0.2) is 8.78 Å². The highest BCUT2D eigenvalue weighted by molar-refractivity contribution is 5.85. The van der Waals surface area contributed by atoms with Crippen LogP contribution in [0, 0.1) is 11.6 Å². The largest absolute Gasteiger partial charge is 0.327 e. The monoisotopic (exact) mass is 219 g/mol. The van der Waals surface area contributed by atoms with Gasteiger partial charge in [-0.05, 0) is 18.6 Å². The van der Waals surface area contributed by atoms with Gasteiger partial charge in [0.25, 0.3) is 0 Å². The summed E-state index contributed by atoms with van der Waals surface area (Å²) in [6, 6.07) is 3.80. The Morgan fingerprint density at radius 3 is 2.14 bits per heavy atom. The Bertz CT molecular complexity index is 336. The molecule has 0 heterocycles. The zero-order valence-corrected chi connectivity index (χ0v) is 8.57. The molecule has 2 unspecified atom stereocenters. The molecule has 4 heteroatoms. The van der Waals surface area contributed by atoms with Crippen LogP contribution in [0.4, 0.5) is 8.78 Å². The van der Waals surface area contributed by atoms with Crippen molar-refractivity contribution in [3.63, 3.8) is 0 Å². The molecule has 1 aromatic carbocycles. The number of benzene rings is 1. The molecule has 2 atom stereocenters. The quantitative estimate of drug-likeness (QED) is 0.771. The molecule has 0 saturated heterocycles. The number of halogens is 3. The SMILES string of the molecule is CC1(c2c(F)cccc2F)CC1N.Cl. The molecular weight excluding hydrogens is 208 g/mol. The van der Waals surface area contributed by atoms with Gasteiger partial charge in [0.2, 0.25) is 0 Å². The molecule has 1 nitrogen and oxygen atoms in total. The smallest absolute Gasteiger partial charge is 0.129 e. The van der Waals surface area contributed by atoms with Gasteiger partial charge in [0, 0.05) is 17.0 Å². The van der Waals surface area contributed by atoms with E-state index in [2.05, 4.69) is 0 Å². The van der Waals surface area contributed by atoms with Crippen molar-refractivity contribution in [1.29, 1.82) is 0 Å². The molecule has 1 aromatic rings. The summed E-state index contributed by atoms with van der Waals surface area (Å²) in [6.07, 6.45) is 0.658. The molecule has 2 N–H and O–H groups in total. The second-order valence-electron chi connectivity index (χ2n) is 3.82. The molecule has 0 amide bonds. The molecule has 78 valence electrons. The van der Waals surface area contributed by atoms with E-state index >= 15 is 0 Å². The summed E-state index contributed by atoms with van der Waals surface area (Å²) in [4.78, 5) is 0. The van der Waals surface area contributed by atoms with E-state index in [0.29, 0.717) is 6.42 Å². The fraction of sp³-hybridized carbons (Fsp3) is 0.400. The van der Waals surface area contributed by atoms with Gasteiger partial charge < -0.3 is 5.73 Å². The Morgan fingerprint density at radius 1 is 1.36 bits per heavy atom. The Kier molecular flexibility index (Phi) is 2.83. The molecule has 0 bridgehead atoms. The van der Waals surface area contributed by atoms with Crippen molar-refractivity contribution in [3.8, 4) is 0 Å². The van der Waals surface area contributed by atoms with E-state index in [4.69, 9.17) is 5.73 Å². The molecule has 2 rings (SSSR count). The summed E-state index contributed by atoms with van der Waals surface area (Å²) in [5.41, 5.74) is 5.29. The van der Waals surface area contributed by atoms with Gasteiger partial charge in [0.15, 0.2) is 0 Å². The van der Waals surface area contributed by atoms with Crippen molar-refractivity contribution in [1.82, 2.24) is 0 Å². The Balaban J connectivity index is 0.000000980. The molecule has 0 aliphatic heterocycles. The lowest BCUT2D eigenvalue weighted by Gasteiger charge is -2.11. The predicted octanol–water partition coefficient (Wildman–Crippen LogP) is 2.38. The van der Waals surface area contributed by atoms with Crippen LogP contribution in [-0.4, -0.2) is 6.04 Å². The highest BCUT2D eigenvalue weighted by Gasteiger charge is 2.51. The first-order valence-electron chi connectivity index (χ1n) is 4.26. The van der Waals surface area contributed by atoms with Gasteiger partial charge in [-0.1, -0.05) is 13.0 Å². The van der Waals surface area contributed by atoms with E-state index in [-0.39, 0.29) is 24.0 Å². The van der Waals surface area contributed by atoms with E-state index in [1.807, 2.05) is 0 Å². The van der Waals surface area contributed by atoms with Crippen LogP contribution < -0.4 is 5.73 Å². The van der Waals surface area contributed by atoms with Crippen LogP contribution in [0.25, 0.3) is 0 Å². The summed E-state index contributed by atoms with van der Waals surface area (Å²) in [6.45, 7) is 1.79. The number of hydrogen-bond acceptors (Lipinski definition) is 1. The van der Waals surface area contributed by atoms with Gasteiger partial charge >= 0.3 is 0 Å². The van der Waals surface area contributed by atoms with E-state index in [1.165, 1.54) is 18.2 Å². The molecule has 1 fully saturated rings. The van der Waals surface area contributed by atoms with Gasteiger partial charge in [0.1, 0.15) is 11.6 Å². The van der Waals surface area contributed by atoms with Crippen LogP contribution in [0.1, 0.15) is 18.9 Å². The maximum absolute atomic E-state index is 13.3. The van der Waals surface area contributed by atoms with Crippen LogP contribution in [0.3, 0.4) is 0 Å². The van der Waals surface area contributed by atoms with E-state index in [9.17, 15) is 8.78 Å². The normalized spacial score (nSPS) is 29.6. The van der Waals surface area contributed by atoms with E-state index in [1.54, 1.807) is 6.92 Å². The summed E-state index contributed by atoms with van der Waals surface area (Å²) >= 11 is 0. The minimum Gasteiger partial charge on any atom is -0.327 e. The lowest BCUT2D eigenvalue weighted by Crippen LogP contribution is -2.17. The summed E-state index contributed by atoms with van der Waals surface area (Å²) < 4.78 is 26.5. The van der Waals surface area contributed by atoms with Crippen molar-refractivity contribution in [2.24, 2.45) is 5.73 Å². The first-order chi connectivity index (χ1) is 6.05. The zero-order chi connectivity index (χ0) is 9.64. The summed E-state index contributed by atoms with van der Waals surface area (Å²) in [5.74, 6) is -0.981. The Labute approximate surface area is 87.7 Å². The fourth-order valence-corrected chi connectivity index (χ4v) is 1.73. The van der Waals surface area contributed by atoms with Gasteiger partial charge in [-0.3, -0.25) is 0 Å². The third-order valence-corrected chi connectivity index (χ3v) is 2.84. The molecule has 0 radical (unpaired) electrons. The van der Waals surface area contributed by atoms with Crippen LogP contribution >= 0.6 is 12.4 Å². The Hall–Kier alpha value is -0.670. The topological polar surface area (TPSA) is 26.0 Å². The maximum Gasteiger partial charge on any atom is 0.129 e. The third-order valence-electron chi connectivity index (χ3n) is 2.84. The molecule has 1 aliphatic carbocycles. The van der Waals surface area contributed by atoms with Crippen molar-refractivity contribution in [3.05, 3.63) is 35.4 Å². The summed E-state index contributed by atoms with van der Waals surface area (Å²) in [5, 5.41) is 0. The van der Waals surface area contributed by atoms with Crippen LogP contribution in [0.15, 0.2) is 18.2 Å². The average Bonchev–Trinajstić information content (AvgIpc) is 2.59. The molecule has 1 saturated carbocycles. The molecule has 14 heavy (non-hydrogen) atoms. The van der Waals surface area contributed by atoms with Gasteiger partial charge in [-0.15, -0.1) is 12.4 Å². The number of hydrogen-bond donors (Lipinski definition) is 1. The van der Waals surface area contributed by atoms with Crippen LogP contribution in [0.2, 0.25) is 0 Å². The van der Waals surface area contributed by atoms with Gasteiger partial charge in [0.05, 0.1) is 0 Å². The maximum atomic E-state index is 13.3. The minimum absolute atomic E-state index is 0. The van der Waals surface area contributed by atoms with Crippen molar-refractivity contribution >= 4 is 12.4 Å².